The molecule has 2 aromatic rings. The first-order valence-electron chi connectivity index (χ1n) is 11.4. The Bertz CT molecular complexity index is 970. The van der Waals surface area contributed by atoms with Crippen LogP contribution in [-0.4, -0.2) is 28.8 Å². The van der Waals surface area contributed by atoms with Gasteiger partial charge in [-0.05, 0) is 61.9 Å². The SMILES string of the molecule is CCC(C(=O)NC1CCCC1)N(Cc1ccc(Cl)cc1Cl)C(=O)Cc1cc(C)ccc1C. The largest absolute Gasteiger partial charge is 0.352 e. The topological polar surface area (TPSA) is 49.4 Å². The molecule has 1 N–H and O–H groups in total. The summed E-state index contributed by atoms with van der Waals surface area (Å²) < 4.78 is 0. The molecule has 0 saturated heterocycles. The Morgan fingerprint density at radius 1 is 1.06 bits per heavy atom. The summed E-state index contributed by atoms with van der Waals surface area (Å²) in [6, 6.07) is 11.0. The molecule has 172 valence electrons. The predicted molar refractivity (Wildman–Crippen MR) is 131 cm³/mol. The van der Waals surface area contributed by atoms with Crippen molar-refractivity contribution < 1.29 is 9.59 Å². The molecule has 0 aromatic heterocycles. The number of carbonyl (C=O) groups excluding carboxylic acids is 2. The molecule has 1 aliphatic rings. The molecule has 0 radical (unpaired) electrons. The van der Waals surface area contributed by atoms with Gasteiger partial charge in [0.1, 0.15) is 6.04 Å². The molecule has 3 rings (SSSR count). The molecule has 2 amide bonds. The van der Waals surface area contributed by atoms with Crippen molar-refractivity contribution in [3.05, 3.63) is 68.7 Å². The van der Waals surface area contributed by atoms with Crippen LogP contribution in [0.2, 0.25) is 10.0 Å². The summed E-state index contributed by atoms with van der Waals surface area (Å²) in [7, 11) is 0. The van der Waals surface area contributed by atoms with Crippen LogP contribution in [0.5, 0.6) is 0 Å². The van der Waals surface area contributed by atoms with Gasteiger partial charge >= 0.3 is 0 Å². The van der Waals surface area contributed by atoms with Crippen LogP contribution in [0.4, 0.5) is 0 Å². The fourth-order valence-electron chi connectivity index (χ4n) is 4.38. The van der Waals surface area contributed by atoms with E-state index in [-0.39, 0.29) is 30.8 Å². The molecule has 32 heavy (non-hydrogen) atoms. The first-order valence-corrected chi connectivity index (χ1v) is 12.1. The van der Waals surface area contributed by atoms with Crippen molar-refractivity contribution in [2.45, 2.75) is 77.9 Å². The predicted octanol–water partition coefficient (Wildman–Crippen LogP) is 6.02. The molecule has 4 nitrogen and oxygen atoms in total. The number of nitrogens with one attached hydrogen (secondary N) is 1. The molecule has 1 saturated carbocycles. The van der Waals surface area contributed by atoms with Gasteiger partial charge in [-0.1, -0.05) is 72.8 Å². The second kappa shape index (κ2) is 11.2. The summed E-state index contributed by atoms with van der Waals surface area (Å²) in [5.41, 5.74) is 3.93. The lowest BCUT2D eigenvalue weighted by molar-refractivity contribution is -0.141. The van der Waals surface area contributed by atoms with Gasteiger partial charge in [-0.3, -0.25) is 9.59 Å². The van der Waals surface area contributed by atoms with E-state index in [4.69, 9.17) is 23.2 Å². The number of halogens is 2. The number of hydrogen-bond acceptors (Lipinski definition) is 2. The zero-order valence-corrected chi connectivity index (χ0v) is 20.6. The van der Waals surface area contributed by atoms with E-state index in [1.807, 2.05) is 45.0 Å². The van der Waals surface area contributed by atoms with Crippen LogP contribution in [0.3, 0.4) is 0 Å². The minimum Gasteiger partial charge on any atom is -0.352 e. The van der Waals surface area contributed by atoms with Gasteiger partial charge in [0.05, 0.1) is 6.42 Å². The van der Waals surface area contributed by atoms with Crippen LogP contribution in [0.25, 0.3) is 0 Å². The van der Waals surface area contributed by atoms with Crippen LogP contribution in [0, 0.1) is 13.8 Å². The van der Waals surface area contributed by atoms with Gasteiger partial charge in [-0.2, -0.15) is 0 Å². The van der Waals surface area contributed by atoms with Gasteiger partial charge in [-0.15, -0.1) is 0 Å². The summed E-state index contributed by atoms with van der Waals surface area (Å²) in [5.74, 6) is -0.170. The maximum absolute atomic E-state index is 13.6. The molecule has 0 heterocycles. The number of amides is 2. The number of hydrogen-bond donors (Lipinski definition) is 1. The lowest BCUT2D eigenvalue weighted by Gasteiger charge is -2.32. The Kier molecular flexibility index (Phi) is 8.61. The molecule has 1 unspecified atom stereocenters. The number of benzene rings is 2. The van der Waals surface area contributed by atoms with E-state index in [0.29, 0.717) is 16.5 Å². The molecular formula is C26H32Cl2N2O2. The standard InChI is InChI=1S/C26H32Cl2N2O2/c1-4-24(26(32)29-22-7-5-6-8-22)30(16-19-11-12-21(27)15-23(19)28)25(31)14-20-13-17(2)9-10-18(20)3/h9-13,15,22,24H,4-8,14,16H2,1-3H3,(H,29,32). The Morgan fingerprint density at radius 3 is 2.44 bits per heavy atom. The highest BCUT2D eigenvalue weighted by Gasteiger charge is 2.31. The Labute approximate surface area is 201 Å². The second-order valence-electron chi connectivity index (χ2n) is 8.78. The monoisotopic (exact) mass is 474 g/mol. The summed E-state index contributed by atoms with van der Waals surface area (Å²) in [6.45, 7) is 6.23. The fourth-order valence-corrected chi connectivity index (χ4v) is 4.84. The van der Waals surface area contributed by atoms with Crippen LogP contribution < -0.4 is 5.32 Å². The highest BCUT2D eigenvalue weighted by atomic mass is 35.5. The van der Waals surface area contributed by atoms with Gasteiger partial charge in [0.25, 0.3) is 0 Å². The van der Waals surface area contributed by atoms with Crippen LogP contribution in [-0.2, 0) is 22.6 Å². The number of carbonyl (C=O) groups is 2. The third-order valence-corrected chi connectivity index (χ3v) is 6.88. The average molecular weight is 475 g/mol. The van der Waals surface area contributed by atoms with Crippen LogP contribution >= 0.6 is 23.2 Å². The van der Waals surface area contributed by atoms with E-state index in [0.717, 1.165) is 47.9 Å². The minimum atomic E-state index is -0.556. The van der Waals surface area contributed by atoms with E-state index in [9.17, 15) is 9.59 Å². The van der Waals surface area contributed by atoms with Crippen molar-refractivity contribution >= 4 is 35.0 Å². The maximum Gasteiger partial charge on any atom is 0.243 e. The molecule has 0 bridgehead atoms. The molecule has 0 aliphatic heterocycles. The number of nitrogens with zero attached hydrogens (tertiary/aromatic N) is 1. The van der Waals surface area contributed by atoms with Crippen LogP contribution in [0.1, 0.15) is 61.3 Å². The van der Waals surface area contributed by atoms with E-state index in [2.05, 4.69) is 5.32 Å². The molecular weight excluding hydrogens is 443 g/mol. The highest BCUT2D eigenvalue weighted by Crippen LogP contribution is 2.25. The smallest absolute Gasteiger partial charge is 0.243 e. The zero-order chi connectivity index (χ0) is 23.3. The Balaban J connectivity index is 1.88. The third-order valence-electron chi connectivity index (χ3n) is 6.29. The van der Waals surface area contributed by atoms with Crippen molar-refractivity contribution in [3.63, 3.8) is 0 Å². The maximum atomic E-state index is 13.6. The van der Waals surface area contributed by atoms with Crippen molar-refractivity contribution in [2.24, 2.45) is 0 Å². The van der Waals surface area contributed by atoms with Gasteiger partial charge in [0.2, 0.25) is 11.8 Å². The van der Waals surface area contributed by atoms with E-state index < -0.39 is 6.04 Å². The van der Waals surface area contributed by atoms with Gasteiger partial charge < -0.3 is 10.2 Å². The Hall–Kier alpha value is -2.04. The first kappa shape index (κ1) is 24.6. The molecule has 1 aliphatic carbocycles. The van der Waals surface area contributed by atoms with Crippen molar-refractivity contribution in [2.75, 3.05) is 0 Å². The van der Waals surface area contributed by atoms with Gasteiger partial charge in [0, 0.05) is 22.6 Å². The molecule has 6 heteroatoms. The lowest BCUT2D eigenvalue weighted by Crippen LogP contribution is -2.51. The minimum absolute atomic E-state index is 0.0844. The molecule has 1 atom stereocenters. The number of aryl methyl sites for hydroxylation is 2. The summed E-state index contributed by atoms with van der Waals surface area (Å²) in [4.78, 5) is 28.5. The third kappa shape index (κ3) is 6.26. The van der Waals surface area contributed by atoms with Gasteiger partial charge in [0.15, 0.2) is 0 Å². The van der Waals surface area contributed by atoms with Crippen molar-refractivity contribution in [3.8, 4) is 0 Å². The van der Waals surface area contributed by atoms with Gasteiger partial charge in [-0.25, -0.2) is 0 Å². The molecule has 2 aromatic carbocycles. The van der Waals surface area contributed by atoms with Crippen LogP contribution in [0.15, 0.2) is 36.4 Å². The van der Waals surface area contributed by atoms with E-state index in [1.165, 1.54) is 0 Å². The summed E-state index contributed by atoms with van der Waals surface area (Å²) in [6.07, 6.45) is 5.05. The second-order valence-corrected chi connectivity index (χ2v) is 9.62. The quantitative estimate of drug-likeness (QED) is 0.508. The average Bonchev–Trinajstić information content (AvgIpc) is 3.25. The van der Waals surface area contributed by atoms with E-state index in [1.54, 1.807) is 17.0 Å². The van der Waals surface area contributed by atoms with E-state index >= 15 is 0 Å². The number of rotatable bonds is 8. The Morgan fingerprint density at radius 2 is 1.78 bits per heavy atom. The normalized spacial score (nSPS) is 14.9. The zero-order valence-electron chi connectivity index (χ0n) is 19.1. The fraction of sp³-hybridized carbons (Fsp3) is 0.462. The summed E-state index contributed by atoms with van der Waals surface area (Å²) in [5, 5.41) is 4.21. The molecule has 0 spiro atoms. The first-order chi connectivity index (χ1) is 15.3. The molecule has 1 fully saturated rings. The van der Waals surface area contributed by atoms with Crippen molar-refractivity contribution in [1.82, 2.24) is 10.2 Å². The summed E-state index contributed by atoms with van der Waals surface area (Å²) >= 11 is 12.5. The van der Waals surface area contributed by atoms with Crippen molar-refractivity contribution in [1.29, 1.82) is 0 Å². The highest BCUT2D eigenvalue weighted by molar-refractivity contribution is 6.35. The lowest BCUT2D eigenvalue weighted by atomic mass is 10.0.